The van der Waals surface area contributed by atoms with Crippen LogP contribution in [0, 0.1) is 5.41 Å². The van der Waals surface area contributed by atoms with Crippen molar-refractivity contribution in [1.29, 1.82) is 0 Å². The highest BCUT2D eigenvalue weighted by atomic mass is 19.4. The molecule has 0 aromatic carbocycles. The molecule has 2 N–H and O–H groups in total. The number of aromatic nitrogens is 1. The van der Waals surface area contributed by atoms with Gasteiger partial charge in [-0.25, -0.2) is 4.98 Å². The van der Waals surface area contributed by atoms with Crippen LogP contribution in [0.3, 0.4) is 0 Å². The highest BCUT2D eigenvalue weighted by Crippen LogP contribution is 2.50. The topological polar surface area (TPSA) is 87.2 Å². The summed E-state index contributed by atoms with van der Waals surface area (Å²) >= 11 is 0. The number of rotatable bonds is 6. The second-order valence-corrected chi connectivity index (χ2v) is 11.5. The quantitative estimate of drug-likeness (QED) is 0.589. The molecule has 1 aromatic heterocycles. The Balaban J connectivity index is 1.29. The molecule has 4 fully saturated rings. The lowest BCUT2D eigenvalue weighted by Crippen LogP contribution is -2.59. The second-order valence-electron chi connectivity index (χ2n) is 11.5. The van der Waals surface area contributed by atoms with E-state index in [1.165, 1.54) is 6.07 Å². The van der Waals surface area contributed by atoms with E-state index in [2.05, 4.69) is 10.3 Å². The van der Waals surface area contributed by atoms with Crippen molar-refractivity contribution in [3.05, 3.63) is 23.9 Å². The molecule has 37 heavy (non-hydrogen) atoms. The van der Waals surface area contributed by atoms with Gasteiger partial charge in [-0.3, -0.25) is 4.79 Å². The van der Waals surface area contributed by atoms with Gasteiger partial charge in [0.25, 0.3) is 0 Å². The molecule has 6 atom stereocenters. The average Bonchev–Trinajstić information content (AvgIpc) is 3.58. The molecule has 4 heterocycles. The minimum Gasteiger partial charge on any atom is -0.389 e. The van der Waals surface area contributed by atoms with Gasteiger partial charge in [-0.05, 0) is 58.1 Å². The predicted octanol–water partition coefficient (Wildman–Crippen LogP) is 2.59. The highest BCUT2D eigenvalue weighted by molar-refractivity contribution is 5.85. The lowest BCUT2D eigenvalue weighted by atomic mass is 9.70. The minimum absolute atomic E-state index is 0.0497. The fraction of sp³-hybridized carbons (Fsp3) is 0.769. The fourth-order valence-corrected chi connectivity index (χ4v) is 6.85. The smallest absolute Gasteiger partial charge is 0.389 e. The number of anilines is 1. The molecule has 4 aliphatic rings. The van der Waals surface area contributed by atoms with Crippen LogP contribution in [0.2, 0.25) is 0 Å². The number of methoxy groups -OCH3 is 1. The molecule has 2 bridgehead atoms. The first kappa shape index (κ1) is 26.6. The first-order valence-electron chi connectivity index (χ1n) is 13.1. The number of likely N-dealkylation sites (tertiary alicyclic amines) is 1. The number of hydrogen-bond acceptors (Lipinski definition) is 7. The molecule has 6 unspecified atom stereocenters. The van der Waals surface area contributed by atoms with E-state index in [1.54, 1.807) is 27.0 Å². The Kier molecular flexibility index (Phi) is 6.96. The van der Waals surface area contributed by atoms with Gasteiger partial charge in [-0.2, -0.15) is 13.2 Å². The van der Waals surface area contributed by atoms with Crippen LogP contribution in [0.1, 0.15) is 51.6 Å². The fourth-order valence-electron chi connectivity index (χ4n) is 6.85. The summed E-state index contributed by atoms with van der Waals surface area (Å²) < 4.78 is 50.7. The zero-order valence-corrected chi connectivity index (χ0v) is 21.6. The molecule has 0 spiro atoms. The molecular weight excluding hydrogens is 489 g/mol. The number of ether oxygens (including phenoxy) is 2. The summed E-state index contributed by atoms with van der Waals surface area (Å²) in [7, 11) is 1.67. The van der Waals surface area contributed by atoms with Gasteiger partial charge in [0.15, 0.2) is 0 Å². The summed E-state index contributed by atoms with van der Waals surface area (Å²) in [6.45, 7) is 5.48. The third-order valence-electron chi connectivity index (χ3n) is 8.97. The Morgan fingerprint density at radius 2 is 2.03 bits per heavy atom. The van der Waals surface area contributed by atoms with Crippen LogP contribution in [-0.2, 0) is 20.4 Å². The van der Waals surface area contributed by atoms with E-state index in [1.807, 2.05) is 9.80 Å². The van der Waals surface area contributed by atoms with Crippen LogP contribution in [0.25, 0.3) is 0 Å². The van der Waals surface area contributed by atoms with Crippen LogP contribution in [-0.4, -0.2) is 90.2 Å². The number of aliphatic hydroxyl groups is 1. The van der Waals surface area contributed by atoms with Gasteiger partial charge >= 0.3 is 6.18 Å². The lowest BCUT2D eigenvalue weighted by Gasteiger charge is -2.45. The Hall–Kier alpha value is -1.95. The Labute approximate surface area is 215 Å². The maximum Gasteiger partial charge on any atom is 0.433 e. The number of nitrogens with zero attached hydrogens (tertiary/aromatic N) is 3. The molecular formula is C26H37F3N4O4. The van der Waals surface area contributed by atoms with Crippen molar-refractivity contribution in [3.63, 3.8) is 0 Å². The molecule has 1 aromatic rings. The van der Waals surface area contributed by atoms with Gasteiger partial charge in [-0.15, -0.1) is 0 Å². The monoisotopic (exact) mass is 526 g/mol. The Morgan fingerprint density at radius 3 is 2.68 bits per heavy atom. The van der Waals surface area contributed by atoms with Crippen LogP contribution < -0.4 is 10.2 Å². The number of fused-ring (bicyclic) bond motifs is 2. The van der Waals surface area contributed by atoms with Gasteiger partial charge < -0.3 is 29.7 Å². The molecule has 8 nitrogen and oxygen atoms in total. The number of nitrogens with one attached hydrogen (secondary N) is 1. The molecule has 3 aliphatic heterocycles. The highest BCUT2D eigenvalue weighted by Gasteiger charge is 2.59. The third-order valence-corrected chi connectivity index (χ3v) is 8.97. The van der Waals surface area contributed by atoms with Crippen molar-refractivity contribution in [2.24, 2.45) is 5.41 Å². The number of carbonyl (C=O) groups is 1. The van der Waals surface area contributed by atoms with Crippen LogP contribution in [0.15, 0.2) is 18.2 Å². The van der Waals surface area contributed by atoms with Gasteiger partial charge in [-0.1, -0.05) is 6.07 Å². The van der Waals surface area contributed by atoms with E-state index >= 15 is 0 Å². The molecule has 3 saturated heterocycles. The summed E-state index contributed by atoms with van der Waals surface area (Å²) in [5, 5.41) is 15.0. The zero-order valence-electron chi connectivity index (χ0n) is 21.6. The van der Waals surface area contributed by atoms with Gasteiger partial charge in [0, 0.05) is 38.9 Å². The second kappa shape index (κ2) is 9.66. The number of piperazine rings is 1. The molecule has 0 radical (unpaired) electrons. The normalized spacial score (nSPS) is 34.4. The number of pyridine rings is 1. The largest absolute Gasteiger partial charge is 0.433 e. The molecule has 5 rings (SSSR count). The molecule has 1 saturated carbocycles. The predicted molar refractivity (Wildman–Crippen MR) is 130 cm³/mol. The van der Waals surface area contributed by atoms with E-state index in [0.717, 1.165) is 18.9 Å². The summed E-state index contributed by atoms with van der Waals surface area (Å²) in [5.41, 5.74) is -3.06. The van der Waals surface area contributed by atoms with Crippen LogP contribution in [0.4, 0.5) is 19.0 Å². The van der Waals surface area contributed by atoms with Gasteiger partial charge in [0.05, 0.1) is 35.8 Å². The van der Waals surface area contributed by atoms with Crippen molar-refractivity contribution in [2.75, 3.05) is 38.3 Å². The van der Waals surface area contributed by atoms with E-state index < -0.39 is 22.9 Å². The van der Waals surface area contributed by atoms with Crippen molar-refractivity contribution in [1.82, 2.24) is 15.2 Å². The molecule has 11 heteroatoms. The standard InChI is InChI=1S/C26H37F3N4O4/c1-24(2,35)25(9-7-16(12-25)30-19-8-10-37-15-20(19)36-3)23(34)33-14-17-11-18(33)13-32(17)22-6-4-5-21(31-22)26(27,28)29/h4-6,16-20,30,35H,7-15H2,1-3H3. The van der Waals surface area contributed by atoms with Crippen LogP contribution in [0.5, 0.6) is 0 Å². The SMILES string of the molecule is COC1COCCC1NC1CCC(C(=O)N2CC3CC2CN3c2cccc(C(F)(F)F)n2)(C(C)(C)O)C1. The zero-order chi connectivity index (χ0) is 26.6. The molecule has 206 valence electrons. The minimum atomic E-state index is -4.50. The number of carbonyl (C=O) groups excluding carboxylic acids is 1. The van der Waals surface area contributed by atoms with Crippen molar-refractivity contribution < 1.29 is 32.5 Å². The molecule has 1 aliphatic carbocycles. The van der Waals surface area contributed by atoms with E-state index in [0.29, 0.717) is 51.4 Å². The number of amides is 1. The first-order chi connectivity index (χ1) is 17.4. The summed E-state index contributed by atoms with van der Waals surface area (Å²) in [5.74, 6) is 0.240. The summed E-state index contributed by atoms with van der Waals surface area (Å²) in [6, 6.07) is 3.94. The third kappa shape index (κ3) is 4.84. The maximum absolute atomic E-state index is 14.1. The van der Waals surface area contributed by atoms with E-state index in [9.17, 15) is 23.1 Å². The van der Waals surface area contributed by atoms with E-state index in [-0.39, 0.29) is 36.2 Å². The first-order valence-corrected chi connectivity index (χ1v) is 13.1. The number of halogens is 3. The summed E-state index contributed by atoms with van der Waals surface area (Å²) in [6.07, 6.45) is -1.18. The Bertz CT molecular complexity index is 1000. The van der Waals surface area contributed by atoms with Crippen molar-refractivity contribution in [2.45, 2.75) is 88.0 Å². The van der Waals surface area contributed by atoms with Crippen LogP contribution >= 0.6 is 0 Å². The number of hydrogen-bond donors (Lipinski definition) is 2. The number of alkyl halides is 3. The van der Waals surface area contributed by atoms with Gasteiger partial charge in [0.2, 0.25) is 5.91 Å². The maximum atomic E-state index is 14.1. The van der Waals surface area contributed by atoms with Crippen molar-refractivity contribution in [3.8, 4) is 0 Å². The average molecular weight is 527 g/mol. The Morgan fingerprint density at radius 1 is 1.24 bits per heavy atom. The van der Waals surface area contributed by atoms with Gasteiger partial charge in [0.1, 0.15) is 11.5 Å². The summed E-state index contributed by atoms with van der Waals surface area (Å²) in [4.78, 5) is 21.7. The molecule has 1 amide bonds. The van der Waals surface area contributed by atoms with E-state index in [4.69, 9.17) is 9.47 Å². The lowest BCUT2D eigenvalue weighted by molar-refractivity contribution is -0.159. The van der Waals surface area contributed by atoms with Crippen molar-refractivity contribution >= 4 is 11.7 Å².